The molecular weight excluding hydrogens is 412 g/mol. The number of piperazine rings is 1. The second-order valence-electron chi connectivity index (χ2n) is 6.43. The van der Waals surface area contributed by atoms with Gasteiger partial charge in [-0.25, -0.2) is 17.2 Å². The van der Waals surface area contributed by atoms with Gasteiger partial charge in [0.2, 0.25) is 10.0 Å². The van der Waals surface area contributed by atoms with E-state index < -0.39 is 27.6 Å². The van der Waals surface area contributed by atoms with E-state index in [9.17, 15) is 22.0 Å². The fourth-order valence-electron chi connectivity index (χ4n) is 2.80. The molecule has 1 aliphatic heterocycles. The minimum atomic E-state index is -3.89. The normalized spacial score (nSPS) is 16.1. The summed E-state index contributed by atoms with van der Waals surface area (Å²) < 4.78 is 53.9. The Hall–Kier alpha value is -2.07. The van der Waals surface area contributed by atoms with Crippen molar-refractivity contribution in [2.75, 3.05) is 38.5 Å². The molecule has 10 heteroatoms. The van der Waals surface area contributed by atoms with E-state index in [-0.39, 0.29) is 21.2 Å². The van der Waals surface area contributed by atoms with Crippen LogP contribution < -0.4 is 5.32 Å². The molecule has 2 aromatic rings. The third-order valence-electron chi connectivity index (χ3n) is 4.45. The molecule has 28 heavy (non-hydrogen) atoms. The van der Waals surface area contributed by atoms with Gasteiger partial charge < -0.3 is 10.2 Å². The number of nitrogens with zero attached hydrogens (tertiary/aromatic N) is 2. The highest BCUT2D eigenvalue weighted by atomic mass is 35.5. The average molecular weight is 430 g/mol. The maximum Gasteiger partial charge on any atom is 0.255 e. The molecule has 0 saturated carbocycles. The highest BCUT2D eigenvalue weighted by Gasteiger charge is 2.30. The van der Waals surface area contributed by atoms with Crippen LogP contribution in [0.4, 0.5) is 14.5 Å². The summed E-state index contributed by atoms with van der Waals surface area (Å²) in [6.07, 6.45) is 0. The molecule has 1 saturated heterocycles. The van der Waals surface area contributed by atoms with Gasteiger partial charge in [-0.2, -0.15) is 4.31 Å². The van der Waals surface area contributed by atoms with E-state index in [0.29, 0.717) is 32.2 Å². The van der Waals surface area contributed by atoms with Gasteiger partial charge in [0.25, 0.3) is 5.91 Å². The van der Waals surface area contributed by atoms with Crippen molar-refractivity contribution in [3.05, 3.63) is 58.6 Å². The Kier molecular flexibility index (Phi) is 5.99. The van der Waals surface area contributed by atoms with Gasteiger partial charge in [0.15, 0.2) is 0 Å². The van der Waals surface area contributed by atoms with Crippen LogP contribution in [0.3, 0.4) is 0 Å². The Morgan fingerprint density at radius 2 is 1.75 bits per heavy atom. The molecule has 1 N–H and O–H groups in total. The molecule has 2 aromatic carbocycles. The second-order valence-corrected chi connectivity index (χ2v) is 8.74. The van der Waals surface area contributed by atoms with Crippen LogP contribution >= 0.6 is 11.6 Å². The Labute approximate surface area is 166 Å². The average Bonchev–Trinajstić information content (AvgIpc) is 2.64. The van der Waals surface area contributed by atoms with Crippen LogP contribution in [0.15, 0.2) is 41.3 Å². The van der Waals surface area contributed by atoms with Gasteiger partial charge in [-0.15, -0.1) is 0 Å². The van der Waals surface area contributed by atoms with E-state index in [4.69, 9.17) is 11.6 Å². The molecule has 1 heterocycles. The number of nitrogens with one attached hydrogen (secondary N) is 1. The lowest BCUT2D eigenvalue weighted by Crippen LogP contribution is -2.47. The van der Waals surface area contributed by atoms with Gasteiger partial charge in [0.1, 0.15) is 16.5 Å². The molecule has 0 aliphatic carbocycles. The highest BCUT2D eigenvalue weighted by Crippen LogP contribution is 2.27. The zero-order valence-corrected chi connectivity index (χ0v) is 16.5. The fraction of sp³-hybridized carbons (Fsp3) is 0.278. The lowest BCUT2D eigenvalue weighted by atomic mass is 10.2. The minimum Gasteiger partial charge on any atom is -0.319 e. The van der Waals surface area contributed by atoms with Gasteiger partial charge in [-0.3, -0.25) is 4.79 Å². The maximum atomic E-state index is 13.8. The first-order chi connectivity index (χ1) is 13.2. The second kappa shape index (κ2) is 8.12. The lowest BCUT2D eigenvalue weighted by molar-refractivity contribution is 0.102. The maximum absolute atomic E-state index is 13.8. The van der Waals surface area contributed by atoms with Crippen LogP contribution in [-0.2, 0) is 10.0 Å². The monoisotopic (exact) mass is 429 g/mol. The number of sulfonamides is 1. The highest BCUT2D eigenvalue weighted by molar-refractivity contribution is 7.89. The first-order valence-corrected chi connectivity index (χ1v) is 10.2. The van der Waals surface area contributed by atoms with E-state index >= 15 is 0 Å². The first kappa shape index (κ1) is 20.7. The number of likely N-dealkylation sites (N-methyl/N-ethyl adjacent to an activating group) is 1. The first-order valence-electron chi connectivity index (χ1n) is 8.43. The summed E-state index contributed by atoms with van der Waals surface area (Å²) in [5, 5.41) is 2.29. The molecule has 0 unspecified atom stereocenters. The molecule has 0 radical (unpaired) electrons. The summed E-state index contributed by atoms with van der Waals surface area (Å²) in [4.78, 5) is 14.3. The van der Waals surface area contributed by atoms with Gasteiger partial charge in [0.05, 0.1) is 10.7 Å². The van der Waals surface area contributed by atoms with Gasteiger partial charge in [0, 0.05) is 37.8 Å². The molecule has 1 fully saturated rings. The van der Waals surface area contributed by atoms with Gasteiger partial charge in [-0.1, -0.05) is 11.6 Å². The number of carbonyl (C=O) groups is 1. The van der Waals surface area contributed by atoms with Crippen molar-refractivity contribution in [2.45, 2.75) is 4.90 Å². The van der Waals surface area contributed by atoms with Crippen molar-refractivity contribution < 1.29 is 22.0 Å². The number of hydrogen-bond donors (Lipinski definition) is 1. The number of amides is 1. The van der Waals surface area contributed by atoms with E-state index in [0.717, 1.165) is 18.2 Å². The van der Waals surface area contributed by atoms with Crippen LogP contribution in [0.25, 0.3) is 0 Å². The van der Waals surface area contributed by atoms with E-state index in [1.165, 1.54) is 16.4 Å². The quantitative estimate of drug-likeness (QED) is 0.811. The number of anilines is 1. The van der Waals surface area contributed by atoms with Gasteiger partial charge >= 0.3 is 0 Å². The zero-order valence-electron chi connectivity index (χ0n) is 15.0. The van der Waals surface area contributed by atoms with E-state index in [1.54, 1.807) is 0 Å². The molecule has 150 valence electrons. The van der Waals surface area contributed by atoms with Crippen molar-refractivity contribution in [3.63, 3.8) is 0 Å². The Bertz CT molecular complexity index is 1010. The summed E-state index contributed by atoms with van der Waals surface area (Å²) in [6.45, 7) is 1.79. The largest absolute Gasteiger partial charge is 0.319 e. The molecule has 6 nitrogen and oxygen atoms in total. The van der Waals surface area contributed by atoms with Crippen LogP contribution in [0.5, 0.6) is 0 Å². The van der Waals surface area contributed by atoms with Crippen LogP contribution in [0.2, 0.25) is 5.02 Å². The Balaban J connectivity index is 1.87. The van der Waals surface area contributed by atoms with Crippen molar-refractivity contribution in [3.8, 4) is 0 Å². The Morgan fingerprint density at radius 1 is 1.07 bits per heavy atom. The SMILES string of the molecule is CN1CCN(S(=O)(=O)c2cc(C(=O)Nc3ccc(F)cc3F)ccc2Cl)CC1. The predicted octanol–water partition coefficient (Wildman–Crippen LogP) is 2.81. The van der Waals surface area contributed by atoms with Crippen LogP contribution in [0, 0.1) is 11.6 Å². The number of rotatable bonds is 4. The number of benzene rings is 2. The minimum absolute atomic E-state index is 0.0107. The third-order valence-corrected chi connectivity index (χ3v) is 6.83. The smallest absolute Gasteiger partial charge is 0.255 e. The molecule has 0 atom stereocenters. The van der Waals surface area contributed by atoms with E-state index in [1.807, 2.05) is 11.9 Å². The summed E-state index contributed by atoms with van der Waals surface area (Å²) in [5.74, 6) is -2.45. The molecule has 1 amide bonds. The molecule has 1 aliphatic rings. The topological polar surface area (TPSA) is 69.7 Å². The number of halogens is 3. The third kappa shape index (κ3) is 4.33. The van der Waals surface area contributed by atoms with Crippen molar-refractivity contribution in [2.24, 2.45) is 0 Å². The molecular formula is C18H18ClF2N3O3S. The van der Waals surface area contributed by atoms with Crippen molar-refractivity contribution in [1.29, 1.82) is 0 Å². The number of hydrogen-bond acceptors (Lipinski definition) is 4. The van der Waals surface area contributed by atoms with Crippen LogP contribution in [0.1, 0.15) is 10.4 Å². The molecule has 0 aromatic heterocycles. The number of carbonyl (C=O) groups excluding carboxylic acids is 1. The standard InChI is InChI=1S/C18H18ClF2N3O3S/c1-23-6-8-24(9-7-23)28(26,27)17-10-12(2-4-14(17)19)18(25)22-16-5-3-13(20)11-15(16)21/h2-5,10-11H,6-9H2,1H3,(H,22,25). The predicted molar refractivity (Wildman–Crippen MR) is 102 cm³/mol. The summed E-state index contributed by atoms with van der Waals surface area (Å²) >= 11 is 6.09. The summed E-state index contributed by atoms with van der Waals surface area (Å²) in [5.41, 5.74) is -0.231. The van der Waals surface area contributed by atoms with E-state index in [2.05, 4.69) is 5.32 Å². The summed E-state index contributed by atoms with van der Waals surface area (Å²) in [6, 6.07) is 6.53. The lowest BCUT2D eigenvalue weighted by Gasteiger charge is -2.31. The fourth-order valence-corrected chi connectivity index (χ4v) is 4.72. The van der Waals surface area contributed by atoms with Crippen LogP contribution in [-0.4, -0.2) is 56.8 Å². The Morgan fingerprint density at radius 3 is 2.39 bits per heavy atom. The summed E-state index contributed by atoms with van der Waals surface area (Å²) in [7, 11) is -1.99. The molecule has 0 bridgehead atoms. The molecule has 3 rings (SSSR count). The molecule has 0 spiro atoms. The van der Waals surface area contributed by atoms with Crippen molar-refractivity contribution in [1.82, 2.24) is 9.21 Å². The van der Waals surface area contributed by atoms with Crippen molar-refractivity contribution >= 4 is 33.2 Å². The zero-order chi connectivity index (χ0) is 20.5. The van der Waals surface area contributed by atoms with Gasteiger partial charge in [-0.05, 0) is 37.4 Å².